The normalized spacial score (nSPS) is 16.1. The molecule has 1 atom stereocenters. The number of rotatable bonds is 10. The van der Waals surface area contributed by atoms with Crippen molar-refractivity contribution in [1.82, 2.24) is 20.1 Å². The molecule has 1 aliphatic rings. The van der Waals surface area contributed by atoms with Crippen LogP contribution in [0.2, 0.25) is 0 Å². The van der Waals surface area contributed by atoms with E-state index in [1.54, 1.807) is 0 Å². The summed E-state index contributed by atoms with van der Waals surface area (Å²) in [5.41, 5.74) is 3.84. The van der Waals surface area contributed by atoms with Gasteiger partial charge in [-0.1, -0.05) is 26.0 Å². The van der Waals surface area contributed by atoms with Crippen molar-refractivity contribution in [3.8, 4) is 0 Å². The third-order valence-electron chi connectivity index (χ3n) is 6.44. The van der Waals surface area contributed by atoms with Crippen LogP contribution in [0.1, 0.15) is 49.8 Å². The number of thiocarbonyl (C=S) groups is 1. The molecular formula is C25H38N4O2S. The van der Waals surface area contributed by atoms with E-state index >= 15 is 0 Å². The van der Waals surface area contributed by atoms with Gasteiger partial charge in [0.1, 0.15) is 0 Å². The average Bonchev–Trinajstić information content (AvgIpc) is 3.30. The number of pyridine rings is 1. The van der Waals surface area contributed by atoms with E-state index in [9.17, 15) is 4.79 Å². The highest BCUT2D eigenvalue weighted by Gasteiger charge is 2.22. The Morgan fingerprint density at radius 1 is 1.25 bits per heavy atom. The molecule has 176 valence electrons. The standard InChI is InChI=1S/C25H38N4O2S/c1-5-28(6-2)13-8-12-26-25(32)29(17-21-9-7-14-31-21)16-20-15-22-18(3)10-11-19(4)23(22)27-24(20)30/h10-11,15,21H,5-9,12-14,16-17H2,1-4H3,(H,26,32)(H,27,30). The molecule has 3 rings (SSSR count). The van der Waals surface area contributed by atoms with Crippen LogP contribution in [0.3, 0.4) is 0 Å². The maximum Gasteiger partial charge on any atom is 0.253 e. The SMILES string of the molecule is CCN(CC)CCCNC(=S)N(Cc1cc2c(C)ccc(C)c2[nH]c1=O)CC1CCCO1. The second-order valence-electron chi connectivity index (χ2n) is 8.74. The molecule has 2 heterocycles. The van der Waals surface area contributed by atoms with Gasteiger partial charge in [0.25, 0.3) is 5.56 Å². The Bertz CT molecular complexity index is 964. The number of nitrogens with zero attached hydrogens (tertiary/aromatic N) is 2. The molecule has 6 nitrogen and oxygen atoms in total. The number of hydrogen-bond acceptors (Lipinski definition) is 4. The Morgan fingerprint density at radius 2 is 2.00 bits per heavy atom. The van der Waals surface area contributed by atoms with Crippen LogP contribution in [0.4, 0.5) is 0 Å². The van der Waals surface area contributed by atoms with Gasteiger partial charge in [-0.25, -0.2) is 0 Å². The zero-order chi connectivity index (χ0) is 23.1. The summed E-state index contributed by atoms with van der Waals surface area (Å²) < 4.78 is 5.87. The molecule has 0 saturated carbocycles. The third kappa shape index (κ3) is 6.30. The number of fused-ring (bicyclic) bond motifs is 1. The molecule has 0 radical (unpaired) electrons. The lowest BCUT2D eigenvalue weighted by atomic mass is 10.0. The number of aromatic amines is 1. The van der Waals surface area contributed by atoms with E-state index in [0.29, 0.717) is 18.2 Å². The average molecular weight is 459 g/mol. The van der Waals surface area contributed by atoms with Gasteiger partial charge in [0.2, 0.25) is 0 Å². The van der Waals surface area contributed by atoms with E-state index in [1.165, 1.54) is 0 Å². The first-order valence-electron chi connectivity index (χ1n) is 11.9. The van der Waals surface area contributed by atoms with Crippen molar-refractivity contribution in [3.05, 3.63) is 45.2 Å². The van der Waals surface area contributed by atoms with Gasteiger partial charge in [-0.2, -0.15) is 0 Å². The maximum absolute atomic E-state index is 12.9. The number of aromatic nitrogens is 1. The van der Waals surface area contributed by atoms with Crippen LogP contribution in [-0.2, 0) is 11.3 Å². The summed E-state index contributed by atoms with van der Waals surface area (Å²) in [7, 11) is 0. The van der Waals surface area contributed by atoms with Crippen LogP contribution in [0.5, 0.6) is 0 Å². The zero-order valence-electron chi connectivity index (χ0n) is 20.0. The van der Waals surface area contributed by atoms with Crippen LogP contribution >= 0.6 is 12.2 Å². The number of nitrogens with one attached hydrogen (secondary N) is 2. The number of ether oxygens (including phenoxy) is 1. The van der Waals surface area contributed by atoms with E-state index < -0.39 is 0 Å². The Morgan fingerprint density at radius 3 is 2.69 bits per heavy atom. The number of aryl methyl sites for hydroxylation is 2. The van der Waals surface area contributed by atoms with Crippen molar-refractivity contribution >= 4 is 28.2 Å². The lowest BCUT2D eigenvalue weighted by molar-refractivity contribution is 0.0896. The molecule has 1 aromatic heterocycles. The van der Waals surface area contributed by atoms with Crippen LogP contribution in [0.15, 0.2) is 23.0 Å². The monoisotopic (exact) mass is 458 g/mol. The summed E-state index contributed by atoms with van der Waals surface area (Å²) >= 11 is 5.76. The van der Waals surface area contributed by atoms with Crippen molar-refractivity contribution in [2.45, 2.75) is 59.6 Å². The van der Waals surface area contributed by atoms with E-state index in [-0.39, 0.29) is 11.7 Å². The number of benzene rings is 1. The van der Waals surface area contributed by atoms with Crippen molar-refractivity contribution in [1.29, 1.82) is 0 Å². The summed E-state index contributed by atoms with van der Waals surface area (Å²) in [5, 5.41) is 5.21. The summed E-state index contributed by atoms with van der Waals surface area (Å²) in [6.07, 6.45) is 3.31. The molecule has 1 saturated heterocycles. The summed E-state index contributed by atoms with van der Waals surface area (Å²) in [6.45, 7) is 14.5. The fourth-order valence-electron chi connectivity index (χ4n) is 4.34. The second kappa shape index (κ2) is 11.8. The number of H-pyrrole nitrogens is 1. The summed E-state index contributed by atoms with van der Waals surface area (Å²) in [5.74, 6) is 0. The predicted molar refractivity (Wildman–Crippen MR) is 136 cm³/mol. The van der Waals surface area contributed by atoms with Crippen LogP contribution in [0, 0.1) is 13.8 Å². The maximum atomic E-state index is 12.9. The van der Waals surface area contributed by atoms with E-state index in [4.69, 9.17) is 17.0 Å². The molecule has 7 heteroatoms. The fourth-order valence-corrected chi connectivity index (χ4v) is 4.59. The minimum atomic E-state index is -0.0483. The van der Waals surface area contributed by atoms with Gasteiger partial charge in [0.15, 0.2) is 5.11 Å². The highest BCUT2D eigenvalue weighted by molar-refractivity contribution is 7.80. The highest BCUT2D eigenvalue weighted by Crippen LogP contribution is 2.21. The minimum absolute atomic E-state index is 0.0483. The van der Waals surface area contributed by atoms with Gasteiger partial charge in [0.05, 0.1) is 18.2 Å². The molecule has 1 aromatic carbocycles. The molecule has 32 heavy (non-hydrogen) atoms. The lowest BCUT2D eigenvalue weighted by Gasteiger charge is -2.28. The molecule has 0 spiro atoms. The Hall–Kier alpha value is -1.96. The van der Waals surface area contributed by atoms with Gasteiger partial charge in [-0.3, -0.25) is 4.79 Å². The van der Waals surface area contributed by atoms with Gasteiger partial charge in [-0.05, 0) is 82.2 Å². The molecule has 1 fully saturated rings. The first-order chi connectivity index (χ1) is 15.4. The quantitative estimate of drug-likeness (QED) is 0.418. The van der Waals surface area contributed by atoms with Crippen LogP contribution in [0.25, 0.3) is 10.9 Å². The van der Waals surface area contributed by atoms with Crippen molar-refractivity contribution in [2.24, 2.45) is 0 Å². The molecule has 0 amide bonds. The Labute approximate surface area is 197 Å². The van der Waals surface area contributed by atoms with Crippen molar-refractivity contribution < 1.29 is 4.74 Å². The van der Waals surface area contributed by atoms with Crippen molar-refractivity contribution in [2.75, 3.05) is 39.3 Å². The lowest BCUT2D eigenvalue weighted by Crippen LogP contribution is -2.44. The Kier molecular flexibility index (Phi) is 9.08. The highest BCUT2D eigenvalue weighted by atomic mass is 32.1. The van der Waals surface area contributed by atoms with Crippen molar-refractivity contribution in [3.63, 3.8) is 0 Å². The zero-order valence-corrected chi connectivity index (χ0v) is 20.8. The number of hydrogen-bond donors (Lipinski definition) is 2. The minimum Gasteiger partial charge on any atom is -0.376 e. The summed E-state index contributed by atoms with van der Waals surface area (Å²) in [6, 6.07) is 6.18. The van der Waals surface area contributed by atoms with Crippen LogP contribution < -0.4 is 10.9 Å². The topological polar surface area (TPSA) is 60.6 Å². The van der Waals surface area contributed by atoms with Gasteiger partial charge in [0, 0.05) is 30.6 Å². The Balaban J connectivity index is 1.74. The molecule has 1 aliphatic heterocycles. The predicted octanol–water partition coefficient (Wildman–Crippen LogP) is 3.73. The molecule has 2 N–H and O–H groups in total. The van der Waals surface area contributed by atoms with E-state index in [2.05, 4.69) is 46.9 Å². The summed E-state index contributed by atoms with van der Waals surface area (Å²) in [4.78, 5) is 20.5. The van der Waals surface area contributed by atoms with E-state index in [1.807, 2.05) is 19.1 Å². The molecule has 0 aliphatic carbocycles. The van der Waals surface area contributed by atoms with Crippen LogP contribution in [-0.4, -0.2) is 65.3 Å². The first kappa shape index (κ1) is 24.7. The van der Waals surface area contributed by atoms with Gasteiger partial charge >= 0.3 is 0 Å². The molecule has 0 bridgehead atoms. The molecular weight excluding hydrogens is 420 g/mol. The molecule has 2 aromatic rings. The smallest absolute Gasteiger partial charge is 0.253 e. The molecule has 1 unspecified atom stereocenters. The fraction of sp³-hybridized carbons (Fsp3) is 0.600. The van der Waals surface area contributed by atoms with E-state index in [0.717, 1.165) is 79.6 Å². The van der Waals surface area contributed by atoms with Gasteiger partial charge in [-0.15, -0.1) is 0 Å². The van der Waals surface area contributed by atoms with Gasteiger partial charge < -0.3 is 24.8 Å². The third-order valence-corrected chi connectivity index (χ3v) is 6.84. The largest absolute Gasteiger partial charge is 0.376 e. The second-order valence-corrected chi connectivity index (χ2v) is 9.13. The first-order valence-corrected chi connectivity index (χ1v) is 12.3.